The highest BCUT2D eigenvalue weighted by atomic mass is 16.5. The molecular formula is C23H26N4O2. The predicted molar refractivity (Wildman–Crippen MR) is 115 cm³/mol. The average Bonchev–Trinajstić information content (AvgIpc) is 3.09. The quantitative estimate of drug-likeness (QED) is 0.707. The fourth-order valence-electron chi connectivity index (χ4n) is 4.78. The summed E-state index contributed by atoms with van der Waals surface area (Å²) in [6, 6.07) is 15.2. The zero-order valence-electron chi connectivity index (χ0n) is 16.8. The highest BCUT2D eigenvalue weighted by Crippen LogP contribution is 2.35. The molecule has 0 amide bonds. The average molecular weight is 390 g/mol. The summed E-state index contributed by atoms with van der Waals surface area (Å²) in [6.45, 7) is 0. The van der Waals surface area contributed by atoms with Crippen molar-refractivity contribution < 1.29 is 9.84 Å². The van der Waals surface area contributed by atoms with Crippen molar-refractivity contribution in [2.45, 2.75) is 43.8 Å². The van der Waals surface area contributed by atoms with Crippen LogP contribution in [0, 0.1) is 0 Å². The molecule has 0 saturated carbocycles. The molecule has 2 aliphatic rings. The third-order valence-corrected chi connectivity index (χ3v) is 6.45. The number of nitrogens with zero attached hydrogens (tertiary/aromatic N) is 3. The van der Waals surface area contributed by atoms with Gasteiger partial charge in [-0.1, -0.05) is 6.07 Å². The number of methoxy groups -OCH3 is 1. The van der Waals surface area contributed by atoms with Gasteiger partial charge in [0.2, 0.25) is 0 Å². The van der Waals surface area contributed by atoms with Crippen LogP contribution in [-0.2, 0) is 0 Å². The number of fused-ring (bicyclic) bond motifs is 3. The molecule has 3 atom stereocenters. The number of anilines is 1. The summed E-state index contributed by atoms with van der Waals surface area (Å²) in [6.07, 6.45) is 4.89. The van der Waals surface area contributed by atoms with E-state index in [0.717, 1.165) is 35.2 Å². The molecule has 6 heteroatoms. The summed E-state index contributed by atoms with van der Waals surface area (Å²) in [5.74, 6) is 1.84. The number of benzene rings is 2. The Morgan fingerprint density at radius 1 is 1.00 bits per heavy atom. The largest absolute Gasteiger partial charge is 0.507 e. The molecule has 29 heavy (non-hydrogen) atoms. The van der Waals surface area contributed by atoms with Crippen LogP contribution in [0.15, 0.2) is 42.5 Å². The molecule has 6 nitrogen and oxygen atoms in total. The van der Waals surface area contributed by atoms with Crippen LogP contribution >= 0.6 is 0 Å². The molecule has 150 valence electrons. The summed E-state index contributed by atoms with van der Waals surface area (Å²) in [5, 5.41) is 25.1. The highest BCUT2D eigenvalue weighted by Gasteiger charge is 2.35. The molecule has 5 rings (SSSR count). The number of nitrogens with one attached hydrogen (secondary N) is 1. The van der Waals surface area contributed by atoms with Gasteiger partial charge >= 0.3 is 0 Å². The first-order chi connectivity index (χ1) is 14.1. The second-order valence-corrected chi connectivity index (χ2v) is 8.23. The van der Waals surface area contributed by atoms with Crippen LogP contribution in [-0.4, -0.2) is 47.6 Å². The van der Waals surface area contributed by atoms with Gasteiger partial charge in [0.25, 0.3) is 0 Å². The van der Waals surface area contributed by atoms with Crippen molar-refractivity contribution in [3.05, 3.63) is 42.5 Å². The summed E-state index contributed by atoms with van der Waals surface area (Å²) in [7, 11) is 3.75. The second-order valence-electron chi connectivity index (χ2n) is 8.23. The number of ether oxygens (including phenoxy) is 1. The van der Waals surface area contributed by atoms with Gasteiger partial charge in [-0.2, -0.15) is 0 Å². The third-order valence-electron chi connectivity index (χ3n) is 6.45. The Bertz CT molecular complexity index is 1020. The smallest absolute Gasteiger partial charge is 0.151 e. The maximum atomic E-state index is 10.5. The zero-order valence-corrected chi connectivity index (χ0v) is 16.8. The van der Waals surface area contributed by atoms with Gasteiger partial charge in [0, 0.05) is 30.7 Å². The predicted octanol–water partition coefficient (Wildman–Crippen LogP) is 3.73. The van der Waals surface area contributed by atoms with Gasteiger partial charge in [0.1, 0.15) is 11.5 Å². The Labute approximate surface area is 170 Å². The molecule has 2 aromatic carbocycles. The van der Waals surface area contributed by atoms with Gasteiger partial charge in [-0.3, -0.25) is 0 Å². The Morgan fingerprint density at radius 2 is 1.79 bits per heavy atom. The van der Waals surface area contributed by atoms with Crippen LogP contribution in [0.3, 0.4) is 0 Å². The van der Waals surface area contributed by atoms with Crippen LogP contribution in [0.1, 0.15) is 25.7 Å². The Kier molecular flexibility index (Phi) is 4.51. The van der Waals surface area contributed by atoms with Gasteiger partial charge < -0.3 is 20.1 Å². The molecule has 0 radical (unpaired) electrons. The molecule has 2 saturated heterocycles. The molecule has 0 aliphatic carbocycles. The number of piperidine rings is 1. The van der Waals surface area contributed by atoms with Crippen LogP contribution < -0.4 is 15.0 Å². The zero-order chi connectivity index (χ0) is 20.0. The number of hydrogen-bond donors (Lipinski definition) is 2. The van der Waals surface area contributed by atoms with E-state index in [9.17, 15) is 5.11 Å². The van der Waals surface area contributed by atoms with Gasteiger partial charge in [0.05, 0.1) is 12.8 Å². The van der Waals surface area contributed by atoms with Crippen LogP contribution in [0.4, 0.5) is 5.82 Å². The fourth-order valence-corrected chi connectivity index (χ4v) is 4.78. The van der Waals surface area contributed by atoms with Crippen molar-refractivity contribution in [2.24, 2.45) is 0 Å². The van der Waals surface area contributed by atoms with Crippen molar-refractivity contribution in [3.63, 3.8) is 0 Å². The van der Waals surface area contributed by atoms with Crippen molar-refractivity contribution in [2.75, 3.05) is 19.1 Å². The van der Waals surface area contributed by atoms with E-state index in [1.807, 2.05) is 36.4 Å². The number of aromatic nitrogens is 2. The topological polar surface area (TPSA) is 70.5 Å². The Balaban J connectivity index is 1.40. The number of phenolic OH excluding ortho intramolecular Hbond substituents is 1. The molecule has 0 spiro atoms. The Morgan fingerprint density at radius 3 is 2.48 bits per heavy atom. The lowest BCUT2D eigenvalue weighted by Gasteiger charge is -2.36. The van der Waals surface area contributed by atoms with Gasteiger partial charge in [0.15, 0.2) is 5.82 Å². The minimum absolute atomic E-state index is 0.191. The number of aromatic hydroxyl groups is 1. The third kappa shape index (κ3) is 3.38. The fraction of sp³-hybridized carbons (Fsp3) is 0.391. The van der Waals surface area contributed by atoms with E-state index in [4.69, 9.17) is 4.74 Å². The van der Waals surface area contributed by atoms with E-state index in [-0.39, 0.29) is 5.75 Å². The number of phenols is 1. The van der Waals surface area contributed by atoms with E-state index >= 15 is 0 Å². The maximum Gasteiger partial charge on any atom is 0.151 e. The first-order valence-electron chi connectivity index (χ1n) is 10.2. The van der Waals surface area contributed by atoms with Crippen molar-refractivity contribution in [3.8, 4) is 22.8 Å². The van der Waals surface area contributed by atoms with Gasteiger partial charge in [-0.15, -0.1) is 10.2 Å². The van der Waals surface area contributed by atoms with Crippen LogP contribution in [0.25, 0.3) is 22.0 Å². The van der Waals surface area contributed by atoms with E-state index < -0.39 is 0 Å². The summed E-state index contributed by atoms with van der Waals surface area (Å²) >= 11 is 0. The van der Waals surface area contributed by atoms with Gasteiger partial charge in [-0.05, 0) is 72.9 Å². The van der Waals surface area contributed by atoms with Crippen LogP contribution in [0.2, 0.25) is 0 Å². The van der Waals surface area contributed by atoms with Crippen molar-refractivity contribution in [1.82, 2.24) is 15.5 Å². The van der Waals surface area contributed by atoms with E-state index in [2.05, 4.69) is 27.5 Å². The van der Waals surface area contributed by atoms with E-state index in [1.54, 1.807) is 13.2 Å². The SMILES string of the molecule is COc1ccc2cc(-c3ccc(N(C)[C@@H]4CC5CC[C@@H](C4)N5)nn3)c(O)cc2c1. The van der Waals surface area contributed by atoms with Crippen LogP contribution in [0.5, 0.6) is 11.5 Å². The normalized spacial score (nSPS) is 23.3. The number of rotatable bonds is 4. The standard InChI is InChI=1S/C23H26N4O2/c1-27(18-12-16-4-5-17(13-18)24-16)23-8-7-21(25-26-23)20-10-14-3-6-19(29-2)9-15(14)11-22(20)28/h3,6-11,16-18,24,28H,4-5,12-13H2,1-2H3/t16-,17?,18-/m0/s1. The van der Waals surface area contributed by atoms with Crippen molar-refractivity contribution in [1.29, 1.82) is 0 Å². The lowest BCUT2D eigenvalue weighted by atomic mass is 9.98. The molecule has 2 N–H and O–H groups in total. The summed E-state index contributed by atoms with van der Waals surface area (Å²) in [5.41, 5.74) is 1.35. The molecular weight excluding hydrogens is 364 g/mol. The molecule has 2 bridgehead atoms. The molecule has 2 aliphatic heterocycles. The Hall–Kier alpha value is -2.86. The molecule has 1 unspecified atom stereocenters. The minimum Gasteiger partial charge on any atom is -0.507 e. The monoisotopic (exact) mass is 390 g/mol. The lowest BCUT2D eigenvalue weighted by molar-refractivity contribution is 0.353. The number of hydrogen-bond acceptors (Lipinski definition) is 6. The van der Waals surface area contributed by atoms with E-state index in [1.165, 1.54) is 12.8 Å². The van der Waals surface area contributed by atoms with Crippen molar-refractivity contribution >= 4 is 16.6 Å². The molecule has 2 fully saturated rings. The molecule has 3 heterocycles. The first kappa shape index (κ1) is 18.2. The summed E-state index contributed by atoms with van der Waals surface area (Å²) in [4.78, 5) is 2.26. The maximum absolute atomic E-state index is 10.5. The first-order valence-corrected chi connectivity index (χ1v) is 10.2. The van der Waals surface area contributed by atoms with E-state index in [0.29, 0.717) is 29.4 Å². The molecule has 1 aromatic heterocycles. The van der Waals surface area contributed by atoms with Gasteiger partial charge in [-0.25, -0.2) is 0 Å². The molecule has 3 aromatic rings. The summed E-state index contributed by atoms with van der Waals surface area (Å²) < 4.78 is 5.27. The minimum atomic E-state index is 0.191. The second kappa shape index (κ2) is 7.19. The lowest BCUT2D eigenvalue weighted by Crippen LogP contribution is -2.47. The highest BCUT2D eigenvalue weighted by molar-refractivity contribution is 5.90.